The summed E-state index contributed by atoms with van der Waals surface area (Å²) in [7, 11) is 0. The van der Waals surface area contributed by atoms with Crippen LogP contribution in [0.2, 0.25) is 5.02 Å². The predicted octanol–water partition coefficient (Wildman–Crippen LogP) is 4.26. The quantitative estimate of drug-likeness (QED) is 0.790. The molecule has 1 aromatic heterocycles. The van der Waals surface area contributed by atoms with Crippen LogP contribution >= 0.6 is 11.6 Å². The third-order valence-corrected chi connectivity index (χ3v) is 3.23. The number of fused-ring (bicyclic) bond motifs is 1. The fourth-order valence-electron chi connectivity index (χ4n) is 2.11. The van der Waals surface area contributed by atoms with Gasteiger partial charge in [0.1, 0.15) is 11.3 Å². The molecule has 0 aliphatic rings. The number of furan rings is 1. The second-order valence-corrected chi connectivity index (χ2v) is 5.34. The fourth-order valence-corrected chi connectivity index (χ4v) is 2.29. The first kappa shape index (κ1) is 13.4. The van der Waals surface area contributed by atoms with E-state index in [0.717, 1.165) is 41.3 Å². The van der Waals surface area contributed by atoms with E-state index in [1.807, 2.05) is 18.2 Å². The van der Waals surface area contributed by atoms with E-state index in [4.69, 9.17) is 16.0 Å². The Kier molecular flexibility index (Phi) is 4.67. The first-order chi connectivity index (χ1) is 8.69. The second kappa shape index (κ2) is 6.26. The van der Waals surface area contributed by atoms with E-state index in [1.54, 1.807) is 0 Å². The predicted molar refractivity (Wildman–Crippen MR) is 77.3 cm³/mol. The average molecular weight is 266 g/mol. The van der Waals surface area contributed by atoms with Gasteiger partial charge in [-0.05, 0) is 49.7 Å². The van der Waals surface area contributed by atoms with Crippen molar-refractivity contribution in [3.63, 3.8) is 0 Å². The van der Waals surface area contributed by atoms with Gasteiger partial charge in [0.25, 0.3) is 0 Å². The zero-order valence-corrected chi connectivity index (χ0v) is 11.8. The molecule has 0 saturated heterocycles. The van der Waals surface area contributed by atoms with Crippen molar-refractivity contribution < 1.29 is 4.42 Å². The summed E-state index contributed by atoms with van der Waals surface area (Å²) < 4.78 is 5.81. The van der Waals surface area contributed by atoms with Crippen molar-refractivity contribution in [3.8, 4) is 0 Å². The van der Waals surface area contributed by atoms with Gasteiger partial charge in [0.05, 0.1) is 0 Å². The third-order valence-electron chi connectivity index (χ3n) is 3.00. The monoisotopic (exact) mass is 265 g/mol. The zero-order chi connectivity index (χ0) is 13.0. The molecule has 2 aromatic rings. The van der Waals surface area contributed by atoms with Crippen molar-refractivity contribution in [2.45, 2.75) is 26.7 Å². The Morgan fingerprint density at radius 3 is 2.94 bits per heavy atom. The Labute approximate surface area is 113 Å². The Balaban J connectivity index is 1.98. The normalized spacial score (nSPS) is 13.1. The SMILES string of the molecule is CCCNCC(C)Cc1cc2cc(Cl)ccc2o1. The van der Waals surface area contributed by atoms with Crippen LogP contribution in [0.15, 0.2) is 28.7 Å². The molecular formula is C15H20ClNO. The van der Waals surface area contributed by atoms with E-state index < -0.39 is 0 Å². The van der Waals surface area contributed by atoms with Gasteiger partial charge >= 0.3 is 0 Å². The summed E-state index contributed by atoms with van der Waals surface area (Å²) in [5, 5.41) is 5.28. The number of halogens is 1. The molecule has 1 unspecified atom stereocenters. The van der Waals surface area contributed by atoms with Gasteiger partial charge in [0.2, 0.25) is 0 Å². The first-order valence-corrected chi connectivity index (χ1v) is 6.95. The van der Waals surface area contributed by atoms with Gasteiger partial charge in [-0.2, -0.15) is 0 Å². The zero-order valence-electron chi connectivity index (χ0n) is 11.0. The van der Waals surface area contributed by atoms with E-state index >= 15 is 0 Å². The number of nitrogens with one attached hydrogen (secondary N) is 1. The van der Waals surface area contributed by atoms with Crippen LogP contribution < -0.4 is 5.32 Å². The van der Waals surface area contributed by atoms with Crippen LogP contribution in [-0.4, -0.2) is 13.1 Å². The van der Waals surface area contributed by atoms with Gasteiger partial charge in [0.15, 0.2) is 0 Å². The molecule has 0 aliphatic heterocycles. The Hall–Kier alpha value is -0.990. The lowest BCUT2D eigenvalue weighted by molar-refractivity contribution is 0.454. The summed E-state index contributed by atoms with van der Waals surface area (Å²) in [6, 6.07) is 7.84. The minimum Gasteiger partial charge on any atom is -0.461 e. The van der Waals surface area contributed by atoms with Crippen LogP contribution in [-0.2, 0) is 6.42 Å². The maximum atomic E-state index is 5.97. The molecule has 0 amide bonds. The van der Waals surface area contributed by atoms with E-state index in [9.17, 15) is 0 Å². The Morgan fingerprint density at radius 1 is 1.33 bits per heavy atom. The van der Waals surface area contributed by atoms with Crippen LogP contribution in [0.4, 0.5) is 0 Å². The maximum absolute atomic E-state index is 5.97. The molecule has 3 heteroatoms. The maximum Gasteiger partial charge on any atom is 0.134 e. The van der Waals surface area contributed by atoms with Crippen molar-refractivity contribution in [2.24, 2.45) is 5.92 Å². The van der Waals surface area contributed by atoms with E-state index in [0.29, 0.717) is 5.92 Å². The number of benzene rings is 1. The largest absolute Gasteiger partial charge is 0.461 e. The lowest BCUT2D eigenvalue weighted by Gasteiger charge is -2.10. The van der Waals surface area contributed by atoms with Gasteiger partial charge < -0.3 is 9.73 Å². The van der Waals surface area contributed by atoms with Crippen molar-refractivity contribution in [1.82, 2.24) is 5.32 Å². The second-order valence-electron chi connectivity index (χ2n) is 4.91. The van der Waals surface area contributed by atoms with Crippen LogP contribution in [0.1, 0.15) is 26.0 Å². The summed E-state index contributed by atoms with van der Waals surface area (Å²) in [6.07, 6.45) is 2.14. The van der Waals surface area contributed by atoms with Crippen LogP contribution in [0, 0.1) is 5.92 Å². The molecule has 2 nitrogen and oxygen atoms in total. The molecule has 0 saturated carbocycles. The van der Waals surface area contributed by atoms with Gasteiger partial charge in [0, 0.05) is 16.8 Å². The highest BCUT2D eigenvalue weighted by Gasteiger charge is 2.08. The van der Waals surface area contributed by atoms with Crippen LogP contribution in [0.5, 0.6) is 0 Å². The first-order valence-electron chi connectivity index (χ1n) is 6.57. The summed E-state index contributed by atoms with van der Waals surface area (Å²) in [4.78, 5) is 0. The molecule has 0 fully saturated rings. The average Bonchev–Trinajstić information content (AvgIpc) is 2.70. The van der Waals surface area contributed by atoms with Crippen molar-refractivity contribution in [2.75, 3.05) is 13.1 Å². The third kappa shape index (κ3) is 3.50. The molecule has 18 heavy (non-hydrogen) atoms. The van der Waals surface area contributed by atoms with Gasteiger partial charge in [-0.15, -0.1) is 0 Å². The smallest absolute Gasteiger partial charge is 0.134 e. The van der Waals surface area contributed by atoms with Crippen LogP contribution in [0.25, 0.3) is 11.0 Å². The molecule has 1 aromatic carbocycles. The minimum absolute atomic E-state index is 0.576. The standard InChI is InChI=1S/C15H20ClNO/c1-3-6-17-10-11(2)7-14-9-12-8-13(16)4-5-15(12)18-14/h4-5,8-9,11,17H,3,6-7,10H2,1-2H3. The highest BCUT2D eigenvalue weighted by Crippen LogP contribution is 2.24. The summed E-state index contributed by atoms with van der Waals surface area (Å²) >= 11 is 5.97. The van der Waals surface area contributed by atoms with Gasteiger partial charge in [-0.25, -0.2) is 0 Å². The minimum atomic E-state index is 0.576. The molecule has 1 atom stereocenters. The highest BCUT2D eigenvalue weighted by molar-refractivity contribution is 6.31. The topological polar surface area (TPSA) is 25.2 Å². The Morgan fingerprint density at radius 2 is 2.17 bits per heavy atom. The molecule has 0 aliphatic carbocycles. The van der Waals surface area contributed by atoms with Gasteiger partial charge in [-0.3, -0.25) is 0 Å². The summed E-state index contributed by atoms with van der Waals surface area (Å²) in [6.45, 7) is 6.54. The summed E-state index contributed by atoms with van der Waals surface area (Å²) in [5.74, 6) is 1.62. The molecule has 1 N–H and O–H groups in total. The van der Waals surface area contributed by atoms with Gasteiger partial charge in [-0.1, -0.05) is 25.4 Å². The molecule has 2 rings (SSSR count). The molecule has 0 bridgehead atoms. The summed E-state index contributed by atoms with van der Waals surface area (Å²) in [5.41, 5.74) is 0.920. The number of hydrogen-bond acceptors (Lipinski definition) is 2. The molecule has 0 radical (unpaired) electrons. The molecule has 0 spiro atoms. The molecule has 98 valence electrons. The van der Waals surface area contributed by atoms with Crippen molar-refractivity contribution >= 4 is 22.6 Å². The van der Waals surface area contributed by atoms with Crippen molar-refractivity contribution in [1.29, 1.82) is 0 Å². The molecule has 1 heterocycles. The number of hydrogen-bond donors (Lipinski definition) is 1. The van der Waals surface area contributed by atoms with E-state index in [-0.39, 0.29) is 0 Å². The Bertz CT molecular complexity index is 506. The number of rotatable bonds is 6. The fraction of sp³-hybridized carbons (Fsp3) is 0.467. The molecular weight excluding hydrogens is 246 g/mol. The lowest BCUT2D eigenvalue weighted by Crippen LogP contribution is -2.22. The van der Waals surface area contributed by atoms with Crippen molar-refractivity contribution in [3.05, 3.63) is 35.0 Å². The van der Waals surface area contributed by atoms with Crippen LogP contribution in [0.3, 0.4) is 0 Å². The van der Waals surface area contributed by atoms with E-state index in [2.05, 4.69) is 25.2 Å². The lowest BCUT2D eigenvalue weighted by atomic mass is 10.1. The highest BCUT2D eigenvalue weighted by atomic mass is 35.5. The van der Waals surface area contributed by atoms with E-state index in [1.165, 1.54) is 6.42 Å².